The summed E-state index contributed by atoms with van der Waals surface area (Å²) in [4.78, 5) is 12.3. The van der Waals surface area contributed by atoms with Crippen molar-refractivity contribution in [3.63, 3.8) is 0 Å². The third-order valence-electron chi connectivity index (χ3n) is 3.61. The van der Waals surface area contributed by atoms with E-state index in [2.05, 4.69) is 15.5 Å². The lowest BCUT2D eigenvalue weighted by Gasteiger charge is -2.16. The van der Waals surface area contributed by atoms with E-state index in [1.165, 1.54) is 0 Å². The molecule has 110 valence electrons. The van der Waals surface area contributed by atoms with E-state index in [4.69, 9.17) is 9.15 Å². The molecule has 1 amide bonds. The smallest absolute Gasteiger partial charge is 0.270 e. The predicted molar refractivity (Wildman–Crippen MR) is 78.2 cm³/mol. The number of nitrogens with one attached hydrogen (secondary N) is 2. The molecule has 0 unspecified atom stereocenters. The second-order valence-electron chi connectivity index (χ2n) is 4.97. The molecule has 0 atom stereocenters. The zero-order valence-electron chi connectivity index (χ0n) is 11.6. The van der Waals surface area contributed by atoms with Crippen LogP contribution in [0.1, 0.15) is 21.8 Å². The van der Waals surface area contributed by atoms with Gasteiger partial charge in [-0.3, -0.25) is 9.89 Å². The standard InChI is InChI=1S/C16H13N3O3/c20-16(17-8-10-4-3-7-21-10)15-12-9-22-13-6-2-1-5-11(13)14(12)18-19-15/h1-7H,8-9H2,(H,17,20)(H,18,19). The Morgan fingerprint density at radius 2 is 2.18 bits per heavy atom. The Morgan fingerprint density at radius 3 is 3.05 bits per heavy atom. The largest absolute Gasteiger partial charge is 0.488 e. The maximum absolute atomic E-state index is 12.3. The number of carbonyl (C=O) groups excluding carboxylic acids is 1. The van der Waals surface area contributed by atoms with Gasteiger partial charge in [-0.1, -0.05) is 12.1 Å². The molecule has 0 radical (unpaired) electrons. The van der Waals surface area contributed by atoms with E-state index in [9.17, 15) is 4.79 Å². The minimum absolute atomic E-state index is 0.229. The van der Waals surface area contributed by atoms with Crippen molar-refractivity contribution < 1.29 is 13.9 Å². The average Bonchev–Trinajstić information content (AvgIpc) is 3.22. The van der Waals surface area contributed by atoms with Crippen LogP contribution < -0.4 is 10.1 Å². The van der Waals surface area contributed by atoms with Gasteiger partial charge in [0.15, 0.2) is 0 Å². The maximum atomic E-state index is 12.3. The van der Waals surface area contributed by atoms with Gasteiger partial charge >= 0.3 is 0 Å². The summed E-state index contributed by atoms with van der Waals surface area (Å²) in [6.07, 6.45) is 1.57. The number of benzene rings is 1. The molecule has 0 spiro atoms. The molecular weight excluding hydrogens is 282 g/mol. The van der Waals surface area contributed by atoms with Gasteiger partial charge < -0.3 is 14.5 Å². The molecule has 6 heteroatoms. The van der Waals surface area contributed by atoms with Gasteiger partial charge in [0.1, 0.15) is 29.5 Å². The van der Waals surface area contributed by atoms with Crippen molar-refractivity contribution in [3.05, 3.63) is 59.7 Å². The quantitative estimate of drug-likeness (QED) is 0.778. The summed E-state index contributed by atoms with van der Waals surface area (Å²) in [5.74, 6) is 1.25. The van der Waals surface area contributed by atoms with E-state index in [-0.39, 0.29) is 5.91 Å². The van der Waals surface area contributed by atoms with Crippen LogP contribution >= 0.6 is 0 Å². The molecule has 0 bridgehead atoms. The molecule has 4 rings (SSSR count). The van der Waals surface area contributed by atoms with E-state index < -0.39 is 0 Å². The van der Waals surface area contributed by atoms with E-state index in [0.29, 0.717) is 24.6 Å². The van der Waals surface area contributed by atoms with Gasteiger partial charge in [-0.25, -0.2) is 0 Å². The lowest BCUT2D eigenvalue weighted by atomic mass is 10.0. The van der Waals surface area contributed by atoms with Crippen LogP contribution in [0.15, 0.2) is 47.1 Å². The second kappa shape index (κ2) is 5.07. The number of hydrogen-bond acceptors (Lipinski definition) is 4. The lowest BCUT2D eigenvalue weighted by molar-refractivity contribution is 0.0940. The van der Waals surface area contributed by atoms with Crippen LogP contribution in [-0.4, -0.2) is 16.1 Å². The molecule has 6 nitrogen and oxygen atoms in total. The molecule has 22 heavy (non-hydrogen) atoms. The van der Waals surface area contributed by atoms with Gasteiger partial charge in [0, 0.05) is 11.1 Å². The van der Waals surface area contributed by atoms with Crippen LogP contribution in [-0.2, 0) is 13.2 Å². The van der Waals surface area contributed by atoms with Crippen molar-refractivity contribution in [2.45, 2.75) is 13.2 Å². The van der Waals surface area contributed by atoms with E-state index in [1.54, 1.807) is 12.3 Å². The number of H-pyrrole nitrogens is 1. The van der Waals surface area contributed by atoms with Crippen molar-refractivity contribution in [1.82, 2.24) is 15.5 Å². The Labute approximate surface area is 126 Å². The fourth-order valence-corrected chi connectivity index (χ4v) is 2.52. The SMILES string of the molecule is O=C(NCc1ccco1)c1[nH]nc2c1COc1ccccc1-2. The Hall–Kier alpha value is -3.02. The highest BCUT2D eigenvalue weighted by molar-refractivity contribution is 5.96. The highest BCUT2D eigenvalue weighted by atomic mass is 16.5. The first-order chi connectivity index (χ1) is 10.8. The van der Waals surface area contributed by atoms with Crippen LogP contribution in [0.2, 0.25) is 0 Å². The molecule has 2 N–H and O–H groups in total. The van der Waals surface area contributed by atoms with Gasteiger partial charge in [0.05, 0.1) is 12.8 Å². The number of aromatic amines is 1. The zero-order valence-corrected chi connectivity index (χ0v) is 11.6. The van der Waals surface area contributed by atoms with Gasteiger partial charge in [0.2, 0.25) is 0 Å². The monoisotopic (exact) mass is 295 g/mol. The first-order valence-corrected chi connectivity index (χ1v) is 6.93. The number of aromatic nitrogens is 2. The minimum atomic E-state index is -0.229. The molecule has 0 aliphatic carbocycles. The van der Waals surface area contributed by atoms with Crippen molar-refractivity contribution >= 4 is 5.91 Å². The molecule has 1 aromatic carbocycles. The Balaban J connectivity index is 1.60. The molecule has 1 aliphatic heterocycles. The third-order valence-corrected chi connectivity index (χ3v) is 3.61. The van der Waals surface area contributed by atoms with Crippen molar-refractivity contribution in [2.24, 2.45) is 0 Å². The molecule has 3 heterocycles. The van der Waals surface area contributed by atoms with Crippen LogP contribution in [0.4, 0.5) is 0 Å². The molecular formula is C16H13N3O3. The third kappa shape index (κ3) is 2.05. The molecule has 0 saturated heterocycles. The Bertz CT molecular complexity index is 821. The molecule has 2 aromatic heterocycles. The van der Waals surface area contributed by atoms with E-state index in [0.717, 1.165) is 22.6 Å². The highest BCUT2D eigenvalue weighted by Gasteiger charge is 2.26. The minimum Gasteiger partial charge on any atom is -0.488 e. The van der Waals surface area contributed by atoms with Crippen molar-refractivity contribution in [1.29, 1.82) is 0 Å². The molecule has 0 fully saturated rings. The number of hydrogen-bond donors (Lipinski definition) is 2. The summed E-state index contributed by atoms with van der Waals surface area (Å²) in [7, 11) is 0. The summed E-state index contributed by atoms with van der Waals surface area (Å²) in [6, 6.07) is 11.2. The number of fused-ring (bicyclic) bond motifs is 3. The highest BCUT2D eigenvalue weighted by Crippen LogP contribution is 2.36. The van der Waals surface area contributed by atoms with Crippen molar-refractivity contribution in [2.75, 3.05) is 0 Å². The normalized spacial score (nSPS) is 12.2. The summed E-state index contributed by atoms with van der Waals surface area (Å²) in [5, 5.41) is 9.89. The number of amides is 1. The van der Waals surface area contributed by atoms with Crippen LogP contribution in [0, 0.1) is 0 Å². The first-order valence-electron chi connectivity index (χ1n) is 6.93. The molecule has 0 saturated carbocycles. The fourth-order valence-electron chi connectivity index (χ4n) is 2.52. The summed E-state index contributed by atoms with van der Waals surface area (Å²) >= 11 is 0. The van der Waals surface area contributed by atoms with Crippen LogP contribution in [0.3, 0.4) is 0 Å². The fraction of sp³-hybridized carbons (Fsp3) is 0.125. The molecule has 1 aliphatic rings. The number of rotatable bonds is 3. The lowest BCUT2D eigenvalue weighted by Crippen LogP contribution is -2.24. The summed E-state index contributed by atoms with van der Waals surface area (Å²) < 4.78 is 10.9. The maximum Gasteiger partial charge on any atom is 0.270 e. The average molecular weight is 295 g/mol. The molecule has 3 aromatic rings. The topological polar surface area (TPSA) is 80.2 Å². The number of para-hydroxylation sites is 1. The number of ether oxygens (including phenoxy) is 1. The Kier molecular flexibility index (Phi) is 2.93. The summed E-state index contributed by atoms with van der Waals surface area (Å²) in [6.45, 7) is 0.656. The first kappa shape index (κ1) is 12.7. The van der Waals surface area contributed by atoms with E-state index >= 15 is 0 Å². The number of furan rings is 1. The van der Waals surface area contributed by atoms with Gasteiger partial charge in [-0.15, -0.1) is 0 Å². The van der Waals surface area contributed by atoms with Gasteiger partial charge in [-0.05, 0) is 24.3 Å². The number of carbonyl (C=O) groups is 1. The van der Waals surface area contributed by atoms with Crippen molar-refractivity contribution in [3.8, 4) is 17.0 Å². The zero-order chi connectivity index (χ0) is 14.9. The van der Waals surface area contributed by atoms with Crippen LogP contribution in [0.25, 0.3) is 11.3 Å². The predicted octanol–water partition coefficient (Wildman–Crippen LogP) is 2.49. The second-order valence-corrected chi connectivity index (χ2v) is 4.97. The summed E-state index contributed by atoms with van der Waals surface area (Å²) in [5.41, 5.74) is 2.86. The number of nitrogens with zero attached hydrogens (tertiary/aromatic N) is 1. The van der Waals surface area contributed by atoms with Gasteiger partial charge in [-0.2, -0.15) is 5.10 Å². The Morgan fingerprint density at radius 1 is 1.27 bits per heavy atom. The van der Waals surface area contributed by atoms with Crippen LogP contribution in [0.5, 0.6) is 5.75 Å². The van der Waals surface area contributed by atoms with E-state index in [1.807, 2.05) is 30.3 Å². The van der Waals surface area contributed by atoms with Gasteiger partial charge in [0.25, 0.3) is 5.91 Å².